The molecule has 2 atom stereocenters. The smallest absolute Gasteiger partial charge is 0.369 e. The second kappa shape index (κ2) is 8.75. The van der Waals surface area contributed by atoms with Gasteiger partial charge in [-0.3, -0.25) is 4.98 Å². The summed E-state index contributed by atoms with van der Waals surface area (Å²) in [5.41, 5.74) is 1.39. The summed E-state index contributed by atoms with van der Waals surface area (Å²) >= 11 is 0. The maximum atomic E-state index is 13.6. The molecule has 0 radical (unpaired) electrons. The standard InChI is InChI=1S/C19H22F3N5O2S/c20-19(21,22)14-9-15(25-7-2-8-30(24,28)29)12-27(11-14)17-5-4-13(10-23)18-16(17)3-1-6-26-18/h1,3-6,14-15,25H,2,7-9,11-12H2,(H2,24,28,29)/t14-,15+/m0/s1. The quantitative estimate of drug-likeness (QED) is 0.665. The minimum Gasteiger partial charge on any atom is -0.369 e. The summed E-state index contributed by atoms with van der Waals surface area (Å²) in [6, 6.07) is 8.22. The van der Waals surface area contributed by atoms with Crippen molar-refractivity contribution in [3.63, 3.8) is 0 Å². The van der Waals surface area contributed by atoms with Crippen molar-refractivity contribution < 1.29 is 21.6 Å². The van der Waals surface area contributed by atoms with Gasteiger partial charge in [0.2, 0.25) is 10.0 Å². The number of hydrogen-bond acceptors (Lipinski definition) is 6. The molecule has 30 heavy (non-hydrogen) atoms. The Morgan fingerprint density at radius 3 is 2.73 bits per heavy atom. The second-order valence-corrected chi connectivity index (χ2v) is 9.13. The molecule has 0 aliphatic carbocycles. The van der Waals surface area contributed by atoms with Gasteiger partial charge in [0.25, 0.3) is 0 Å². The minimum atomic E-state index is -4.36. The number of piperidine rings is 1. The fourth-order valence-corrected chi connectivity index (χ4v) is 4.33. The van der Waals surface area contributed by atoms with Gasteiger partial charge in [-0.05, 0) is 43.7 Å². The number of pyridine rings is 1. The third-order valence-electron chi connectivity index (χ3n) is 5.16. The SMILES string of the molecule is N#Cc1ccc(N2C[C@H](NCCCS(N)(=O)=O)C[C@H](C(F)(F)F)C2)c2cccnc12. The number of halogens is 3. The van der Waals surface area contributed by atoms with Gasteiger partial charge in [0, 0.05) is 36.4 Å². The molecule has 1 aromatic heterocycles. The van der Waals surface area contributed by atoms with Crippen LogP contribution in [0.4, 0.5) is 18.9 Å². The Morgan fingerprint density at radius 2 is 2.07 bits per heavy atom. The Hall–Kier alpha value is -2.42. The van der Waals surface area contributed by atoms with Gasteiger partial charge in [-0.25, -0.2) is 13.6 Å². The third-order valence-corrected chi connectivity index (χ3v) is 6.02. The van der Waals surface area contributed by atoms with Crippen molar-refractivity contribution in [1.29, 1.82) is 5.26 Å². The number of aromatic nitrogens is 1. The van der Waals surface area contributed by atoms with Crippen molar-refractivity contribution in [2.45, 2.75) is 25.1 Å². The summed E-state index contributed by atoms with van der Waals surface area (Å²) in [6.07, 6.45) is -2.70. The van der Waals surface area contributed by atoms with Crippen molar-refractivity contribution >= 4 is 26.6 Å². The van der Waals surface area contributed by atoms with Gasteiger partial charge in [0.1, 0.15) is 6.07 Å². The number of alkyl halides is 3. The molecule has 0 amide bonds. The zero-order chi connectivity index (χ0) is 21.9. The van der Waals surface area contributed by atoms with Gasteiger partial charge in [0.05, 0.1) is 22.8 Å². The number of nitrogens with two attached hydrogens (primary N) is 1. The van der Waals surface area contributed by atoms with Crippen LogP contribution >= 0.6 is 0 Å². The number of fused-ring (bicyclic) bond motifs is 1. The first-order valence-corrected chi connectivity index (χ1v) is 11.1. The van der Waals surface area contributed by atoms with E-state index in [0.717, 1.165) is 0 Å². The van der Waals surface area contributed by atoms with Gasteiger partial charge < -0.3 is 10.2 Å². The van der Waals surface area contributed by atoms with E-state index in [0.29, 0.717) is 28.7 Å². The van der Waals surface area contributed by atoms with Crippen LogP contribution in [0.3, 0.4) is 0 Å². The van der Waals surface area contributed by atoms with Crippen molar-refractivity contribution in [3.8, 4) is 6.07 Å². The van der Waals surface area contributed by atoms with Crippen LogP contribution in [0, 0.1) is 17.2 Å². The van der Waals surface area contributed by atoms with E-state index >= 15 is 0 Å². The van der Waals surface area contributed by atoms with E-state index in [4.69, 9.17) is 5.14 Å². The molecule has 1 aliphatic rings. The zero-order valence-electron chi connectivity index (χ0n) is 16.1. The maximum Gasteiger partial charge on any atom is 0.393 e. The van der Waals surface area contributed by atoms with Crippen molar-refractivity contribution in [2.24, 2.45) is 11.1 Å². The Balaban J connectivity index is 1.85. The normalized spacial score (nSPS) is 20.3. The topological polar surface area (TPSA) is 112 Å². The molecule has 1 aliphatic heterocycles. The highest BCUT2D eigenvalue weighted by molar-refractivity contribution is 7.89. The molecule has 0 unspecified atom stereocenters. The molecule has 0 bridgehead atoms. The first kappa shape index (κ1) is 22.3. The fraction of sp³-hybridized carbons (Fsp3) is 0.474. The predicted molar refractivity (Wildman–Crippen MR) is 107 cm³/mol. The number of anilines is 1. The Morgan fingerprint density at radius 1 is 1.30 bits per heavy atom. The first-order chi connectivity index (χ1) is 14.1. The largest absolute Gasteiger partial charge is 0.393 e. The van der Waals surface area contributed by atoms with E-state index in [-0.39, 0.29) is 31.7 Å². The van der Waals surface area contributed by atoms with E-state index in [1.54, 1.807) is 29.2 Å². The lowest BCUT2D eigenvalue weighted by molar-refractivity contribution is -0.177. The Bertz CT molecular complexity index is 1050. The molecular weight excluding hydrogens is 419 g/mol. The fourth-order valence-electron chi connectivity index (χ4n) is 3.78. The van der Waals surface area contributed by atoms with E-state index in [9.17, 15) is 26.9 Å². The second-order valence-electron chi connectivity index (χ2n) is 7.39. The van der Waals surface area contributed by atoms with Crippen molar-refractivity contribution in [2.75, 3.05) is 30.3 Å². The van der Waals surface area contributed by atoms with Crippen LogP contribution in [0.25, 0.3) is 10.9 Å². The molecule has 3 rings (SSSR count). The van der Waals surface area contributed by atoms with Gasteiger partial charge in [-0.15, -0.1) is 0 Å². The van der Waals surface area contributed by atoms with E-state index < -0.39 is 28.2 Å². The number of rotatable bonds is 6. The molecule has 3 N–H and O–H groups in total. The van der Waals surface area contributed by atoms with Crippen LogP contribution in [0.15, 0.2) is 30.5 Å². The number of sulfonamides is 1. The molecular formula is C19H22F3N5O2S. The highest BCUT2D eigenvalue weighted by Gasteiger charge is 2.44. The minimum absolute atomic E-state index is 0.0954. The third kappa shape index (κ3) is 5.38. The number of nitrogens with zero attached hydrogens (tertiary/aromatic N) is 3. The monoisotopic (exact) mass is 441 g/mol. The molecule has 2 heterocycles. The summed E-state index contributed by atoms with van der Waals surface area (Å²) in [5, 5.41) is 17.9. The molecule has 11 heteroatoms. The van der Waals surface area contributed by atoms with E-state index in [1.807, 2.05) is 0 Å². The van der Waals surface area contributed by atoms with Gasteiger partial charge in [0.15, 0.2) is 0 Å². The summed E-state index contributed by atoms with van der Waals surface area (Å²) < 4.78 is 62.8. The molecule has 2 aromatic rings. The van der Waals surface area contributed by atoms with Crippen LogP contribution in [0.2, 0.25) is 0 Å². The molecule has 1 aromatic carbocycles. The van der Waals surface area contributed by atoms with Crippen LogP contribution in [-0.4, -0.2) is 51.0 Å². The summed E-state index contributed by atoms with van der Waals surface area (Å²) in [4.78, 5) is 5.88. The van der Waals surface area contributed by atoms with E-state index in [1.165, 1.54) is 6.20 Å². The van der Waals surface area contributed by atoms with Crippen LogP contribution in [0.1, 0.15) is 18.4 Å². The van der Waals surface area contributed by atoms with Crippen LogP contribution in [-0.2, 0) is 10.0 Å². The van der Waals surface area contributed by atoms with Crippen molar-refractivity contribution in [3.05, 3.63) is 36.0 Å². The van der Waals surface area contributed by atoms with Gasteiger partial charge in [-0.1, -0.05) is 0 Å². The average molecular weight is 441 g/mol. The first-order valence-electron chi connectivity index (χ1n) is 9.42. The number of primary sulfonamides is 1. The summed E-state index contributed by atoms with van der Waals surface area (Å²) in [7, 11) is -3.61. The van der Waals surface area contributed by atoms with Gasteiger partial charge >= 0.3 is 6.18 Å². The van der Waals surface area contributed by atoms with Crippen molar-refractivity contribution in [1.82, 2.24) is 10.3 Å². The lowest BCUT2D eigenvalue weighted by Gasteiger charge is -2.40. The van der Waals surface area contributed by atoms with Crippen LogP contribution < -0.4 is 15.4 Å². The highest BCUT2D eigenvalue weighted by atomic mass is 32.2. The predicted octanol–water partition coefficient (Wildman–Crippen LogP) is 2.13. The molecule has 1 saturated heterocycles. The molecule has 0 spiro atoms. The number of benzene rings is 1. The molecule has 1 fully saturated rings. The zero-order valence-corrected chi connectivity index (χ0v) is 16.9. The number of hydrogen-bond donors (Lipinski definition) is 2. The molecule has 162 valence electrons. The maximum absolute atomic E-state index is 13.6. The van der Waals surface area contributed by atoms with Crippen LogP contribution in [0.5, 0.6) is 0 Å². The lowest BCUT2D eigenvalue weighted by atomic mass is 9.92. The average Bonchev–Trinajstić information content (AvgIpc) is 2.69. The molecule has 0 saturated carbocycles. The number of nitrogens with one attached hydrogen (secondary N) is 1. The highest BCUT2D eigenvalue weighted by Crippen LogP contribution is 2.37. The van der Waals surface area contributed by atoms with E-state index in [2.05, 4.69) is 16.4 Å². The summed E-state index contributed by atoms with van der Waals surface area (Å²) in [6.45, 7) is 0.363. The summed E-state index contributed by atoms with van der Waals surface area (Å²) in [5.74, 6) is -1.77. The lowest BCUT2D eigenvalue weighted by Crippen LogP contribution is -2.53. The Labute approximate surface area is 172 Å². The number of nitriles is 1. The molecule has 7 nitrogen and oxygen atoms in total. The van der Waals surface area contributed by atoms with Gasteiger partial charge in [-0.2, -0.15) is 18.4 Å². The Kier molecular flexibility index (Phi) is 6.50.